The van der Waals surface area contributed by atoms with Gasteiger partial charge in [-0.1, -0.05) is 6.92 Å². The summed E-state index contributed by atoms with van der Waals surface area (Å²) >= 11 is 0. The maximum atomic E-state index is 10.6. The van der Waals surface area contributed by atoms with Crippen LogP contribution in [0.2, 0.25) is 0 Å². The Hall–Kier alpha value is -2.51. The van der Waals surface area contributed by atoms with Crippen LogP contribution in [0, 0.1) is 0 Å². The van der Waals surface area contributed by atoms with Gasteiger partial charge in [-0.2, -0.15) is 0 Å². The van der Waals surface area contributed by atoms with Crippen molar-refractivity contribution in [1.29, 1.82) is 0 Å². The summed E-state index contributed by atoms with van der Waals surface area (Å²) in [5, 5.41) is 8.89. The van der Waals surface area contributed by atoms with Crippen molar-refractivity contribution in [1.82, 2.24) is 19.7 Å². The average molecular weight is 277 g/mol. The molecule has 0 aliphatic rings. The number of nitrogens with zero attached hydrogens (tertiary/aromatic N) is 3. The van der Waals surface area contributed by atoms with Gasteiger partial charge in [0.05, 0.1) is 6.20 Å². The number of nitrogens with one attached hydrogen (secondary N) is 3. The molecular weight excluding hydrogens is 258 g/mol. The van der Waals surface area contributed by atoms with Gasteiger partial charge < -0.3 is 26.1 Å². The fourth-order valence-corrected chi connectivity index (χ4v) is 1.76. The molecule has 2 aromatic rings. The topological polar surface area (TPSA) is 109 Å². The number of aromatic nitrogens is 3. The van der Waals surface area contributed by atoms with Crippen molar-refractivity contribution in [3.63, 3.8) is 0 Å². The lowest BCUT2D eigenvalue weighted by atomic mass is 10.4. The first-order valence-corrected chi connectivity index (χ1v) is 6.55. The molecule has 0 aliphatic carbocycles. The molecular formula is C12H19N7O. The molecule has 8 heteroatoms. The Kier molecular flexibility index (Phi) is 4.59. The fraction of sp³-hybridized carbons (Fsp3) is 0.417. The number of fused-ring (bicyclic) bond motifs is 1. The van der Waals surface area contributed by atoms with Gasteiger partial charge in [0.15, 0.2) is 11.5 Å². The van der Waals surface area contributed by atoms with E-state index >= 15 is 0 Å². The number of rotatable bonds is 7. The maximum absolute atomic E-state index is 10.6. The highest BCUT2D eigenvalue weighted by Crippen LogP contribution is 2.15. The van der Waals surface area contributed by atoms with Crippen molar-refractivity contribution in [2.45, 2.75) is 13.3 Å². The number of anilines is 2. The number of carbonyl (C=O) groups excluding carboxylic acids is 1. The Labute approximate surface area is 116 Å². The second-order valence-corrected chi connectivity index (χ2v) is 4.28. The molecule has 8 nitrogen and oxygen atoms in total. The highest BCUT2D eigenvalue weighted by Gasteiger charge is 2.06. The van der Waals surface area contributed by atoms with Crippen LogP contribution in [0.15, 0.2) is 18.6 Å². The van der Waals surface area contributed by atoms with Crippen LogP contribution in [0.3, 0.4) is 0 Å². The summed E-state index contributed by atoms with van der Waals surface area (Å²) in [4.78, 5) is 19.3. The van der Waals surface area contributed by atoms with Crippen molar-refractivity contribution in [2.75, 3.05) is 30.3 Å². The highest BCUT2D eigenvalue weighted by atomic mass is 16.2. The van der Waals surface area contributed by atoms with Crippen LogP contribution in [0.25, 0.3) is 5.65 Å². The van der Waals surface area contributed by atoms with Gasteiger partial charge in [-0.15, -0.1) is 0 Å². The van der Waals surface area contributed by atoms with Gasteiger partial charge in [-0.25, -0.2) is 14.8 Å². The molecule has 2 amide bonds. The van der Waals surface area contributed by atoms with Gasteiger partial charge in [-0.3, -0.25) is 0 Å². The normalized spacial score (nSPS) is 10.4. The quantitative estimate of drug-likeness (QED) is 0.555. The third-order valence-electron chi connectivity index (χ3n) is 2.65. The molecule has 108 valence electrons. The molecule has 2 heterocycles. The zero-order valence-electron chi connectivity index (χ0n) is 11.4. The molecule has 0 unspecified atom stereocenters. The van der Waals surface area contributed by atoms with E-state index in [0.29, 0.717) is 18.9 Å². The van der Waals surface area contributed by atoms with E-state index in [9.17, 15) is 4.79 Å². The number of amides is 2. The van der Waals surface area contributed by atoms with Crippen LogP contribution in [-0.2, 0) is 0 Å². The Morgan fingerprint density at radius 1 is 1.35 bits per heavy atom. The predicted molar refractivity (Wildman–Crippen MR) is 77.8 cm³/mol. The third-order valence-corrected chi connectivity index (χ3v) is 2.65. The lowest BCUT2D eigenvalue weighted by Gasteiger charge is -2.10. The van der Waals surface area contributed by atoms with E-state index in [2.05, 4.69) is 32.8 Å². The van der Waals surface area contributed by atoms with E-state index in [-0.39, 0.29) is 0 Å². The van der Waals surface area contributed by atoms with Gasteiger partial charge in [-0.05, 0) is 6.42 Å². The summed E-state index contributed by atoms with van der Waals surface area (Å²) in [6.45, 7) is 3.90. The number of hydrogen-bond acceptors (Lipinski definition) is 5. The molecule has 0 bridgehead atoms. The number of nitrogens with two attached hydrogens (primary N) is 1. The monoisotopic (exact) mass is 277 g/mol. The maximum Gasteiger partial charge on any atom is 0.312 e. The zero-order valence-corrected chi connectivity index (χ0v) is 11.4. The minimum atomic E-state index is -0.538. The SMILES string of the molecule is CCCNc1cn2ccnc2c(NCCNC(N)=O)n1. The summed E-state index contributed by atoms with van der Waals surface area (Å²) in [5.74, 6) is 1.45. The molecule has 0 spiro atoms. The van der Waals surface area contributed by atoms with Crippen molar-refractivity contribution < 1.29 is 4.79 Å². The van der Waals surface area contributed by atoms with E-state index in [1.165, 1.54) is 0 Å². The summed E-state index contributed by atoms with van der Waals surface area (Å²) in [6.07, 6.45) is 6.49. The highest BCUT2D eigenvalue weighted by molar-refractivity contribution is 5.71. The van der Waals surface area contributed by atoms with Crippen LogP contribution in [0.5, 0.6) is 0 Å². The van der Waals surface area contributed by atoms with E-state index < -0.39 is 6.03 Å². The van der Waals surface area contributed by atoms with E-state index in [0.717, 1.165) is 24.4 Å². The van der Waals surface area contributed by atoms with E-state index in [4.69, 9.17) is 5.73 Å². The second kappa shape index (κ2) is 6.60. The molecule has 5 N–H and O–H groups in total. The Bertz CT molecular complexity index is 580. The largest absolute Gasteiger partial charge is 0.369 e. The molecule has 2 rings (SSSR count). The lowest BCUT2D eigenvalue weighted by Crippen LogP contribution is -2.33. The van der Waals surface area contributed by atoms with Crippen LogP contribution in [-0.4, -0.2) is 40.0 Å². The zero-order chi connectivity index (χ0) is 14.4. The summed E-state index contributed by atoms with van der Waals surface area (Å²) in [6, 6.07) is -0.538. The molecule has 20 heavy (non-hydrogen) atoms. The first kappa shape index (κ1) is 13.9. The number of imidazole rings is 1. The molecule has 0 atom stereocenters. The van der Waals surface area contributed by atoms with Gasteiger partial charge >= 0.3 is 6.03 Å². The molecule has 0 radical (unpaired) electrons. The second-order valence-electron chi connectivity index (χ2n) is 4.28. The van der Waals surface area contributed by atoms with Crippen LogP contribution in [0.4, 0.5) is 16.4 Å². The lowest BCUT2D eigenvalue weighted by molar-refractivity contribution is 0.249. The number of carbonyl (C=O) groups is 1. The van der Waals surface area contributed by atoms with Crippen molar-refractivity contribution >= 4 is 23.3 Å². The predicted octanol–water partition coefficient (Wildman–Crippen LogP) is 0.631. The Morgan fingerprint density at radius 2 is 2.20 bits per heavy atom. The van der Waals surface area contributed by atoms with Crippen molar-refractivity contribution in [3.05, 3.63) is 18.6 Å². The van der Waals surface area contributed by atoms with Crippen molar-refractivity contribution in [2.24, 2.45) is 5.73 Å². The smallest absolute Gasteiger partial charge is 0.312 e. The number of urea groups is 1. The molecule has 0 saturated carbocycles. The minimum absolute atomic E-state index is 0.427. The van der Waals surface area contributed by atoms with Crippen LogP contribution >= 0.6 is 0 Å². The molecule has 0 saturated heterocycles. The first-order chi connectivity index (χ1) is 9.70. The fourth-order valence-electron chi connectivity index (χ4n) is 1.76. The van der Waals surface area contributed by atoms with Gasteiger partial charge in [0, 0.05) is 32.0 Å². The van der Waals surface area contributed by atoms with Gasteiger partial charge in [0.1, 0.15) is 5.82 Å². The summed E-state index contributed by atoms with van der Waals surface area (Å²) < 4.78 is 1.90. The van der Waals surface area contributed by atoms with Crippen LogP contribution in [0.1, 0.15) is 13.3 Å². The summed E-state index contributed by atoms with van der Waals surface area (Å²) in [7, 11) is 0. The number of hydrogen-bond donors (Lipinski definition) is 4. The molecule has 0 fully saturated rings. The average Bonchev–Trinajstić information content (AvgIpc) is 2.89. The third kappa shape index (κ3) is 3.50. The Morgan fingerprint density at radius 3 is 2.95 bits per heavy atom. The minimum Gasteiger partial charge on any atom is -0.369 e. The standard InChI is InChI=1S/C12H19N7O/c1-2-3-14-9-8-19-7-6-16-11(19)10(18-9)15-4-5-17-12(13)20/h6-8,14H,2-5H2,1H3,(H,15,18)(H3,13,17,20). The first-order valence-electron chi connectivity index (χ1n) is 6.55. The molecule has 0 aromatic carbocycles. The van der Waals surface area contributed by atoms with E-state index in [1.807, 2.05) is 16.8 Å². The number of primary amides is 1. The van der Waals surface area contributed by atoms with Crippen LogP contribution < -0.4 is 21.7 Å². The van der Waals surface area contributed by atoms with Crippen molar-refractivity contribution in [3.8, 4) is 0 Å². The Balaban J connectivity index is 2.08. The van der Waals surface area contributed by atoms with E-state index in [1.54, 1.807) is 6.20 Å². The molecule has 0 aliphatic heterocycles. The van der Waals surface area contributed by atoms with Gasteiger partial charge in [0.25, 0.3) is 0 Å². The van der Waals surface area contributed by atoms with Gasteiger partial charge in [0.2, 0.25) is 0 Å². The molecule has 2 aromatic heterocycles. The summed E-state index contributed by atoms with van der Waals surface area (Å²) in [5.41, 5.74) is 5.75.